The minimum atomic E-state index is -5.37. The second-order valence-corrected chi connectivity index (χ2v) is 10.3. The van der Waals surface area contributed by atoms with Crippen LogP contribution in [-0.2, 0) is 38.9 Å². The summed E-state index contributed by atoms with van der Waals surface area (Å²) in [5.74, 6) is -4.15. The molecule has 0 aliphatic heterocycles. The Hall–Kier alpha value is -4.27. The lowest BCUT2D eigenvalue weighted by molar-refractivity contribution is -0.193. The number of nitrogens with one attached hydrogen (secondary N) is 2. The number of ether oxygens (including phenoxy) is 1. The van der Waals surface area contributed by atoms with Crippen LogP contribution in [0, 0.1) is 6.92 Å². The zero-order chi connectivity index (χ0) is 28.4. The monoisotopic (exact) mass is 565 g/mol. The van der Waals surface area contributed by atoms with Gasteiger partial charge in [-0.05, 0) is 49.9 Å². The van der Waals surface area contributed by atoms with Crippen molar-refractivity contribution >= 4 is 28.0 Å². The lowest BCUT2D eigenvalue weighted by atomic mass is 9.90. The summed E-state index contributed by atoms with van der Waals surface area (Å²) in [6.07, 6.45) is -1.45. The molecule has 0 saturated heterocycles. The zero-order valence-electron chi connectivity index (χ0n) is 20.4. The minimum absolute atomic E-state index is 0.0664. The number of sulfonamides is 1. The minimum Gasteiger partial charge on any atom is -0.381 e. The van der Waals surface area contributed by atoms with E-state index >= 15 is 0 Å². The molecule has 0 fully saturated rings. The van der Waals surface area contributed by atoms with Crippen molar-refractivity contribution < 1.29 is 40.7 Å². The molecule has 0 unspecified atom stereocenters. The SMILES string of the molecule is Cc1ccc(S(=O)(=O)NC(=O)NCCCn2nc3c(c2C(=O)OC(=O)C(F)(F)F)CCc2cnccc2-3)cc1. The van der Waals surface area contributed by atoms with E-state index < -0.39 is 34.2 Å². The molecule has 0 atom stereocenters. The van der Waals surface area contributed by atoms with Gasteiger partial charge in [-0.25, -0.2) is 27.5 Å². The van der Waals surface area contributed by atoms with Crippen LogP contribution < -0.4 is 10.0 Å². The lowest BCUT2D eigenvalue weighted by Gasteiger charge is -2.15. The number of pyridine rings is 1. The summed E-state index contributed by atoms with van der Waals surface area (Å²) in [7, 11) is -4.11. The van der Waals surface area contributed by atoms with Gasteiger partial charge in [0.1, 0.15) is 0 Å². The average molecular weight is 566 g/mol. The highest BCUT2D eigenvalue weighted by molar-refractivity contribution is 7.90. The number of halogens is 3. The quantitative estimate of drug-likeness (QED) is 0.252. The fourth-order valence-electron chi connectivity index (χ4n) is 4.02. The summed E-state index contributed by atoms with van der Waals surface area (Å²) in [6, 6.07) is 6.52. The van der Waals surface area contributed by atoms with Crippen LogP contribution in [0.15, 0.2) is 47.6 Å². The molecule has 15 heteroatoms. The number of rotatable bonds is 7. The van der Waals surface area contributed by atoms with Gasteiger partial charge in [-0.2, -0.15) is 18.3 Å². The van der Waals surface area contributed by atoms with Gasteiger partial charge >= 0.3 is 24.1 Å². The highest BCUT2D eigenvalue weighted by Crippen LogP contribution is 2.34. The Morgan fingerprint density at radius 2 is 1.82 bits per heavy atom. The summed E-state index contributed by atoms with van der Waals surface area (Å²) in [6.45, 7) is 1.64. The van der Waals surface area contributed by atoms with Crippen LogP contribution in [0.25, 0.3) is 11.3 Å². The lowest BCUT2D eigenvalue weighted by Crippen LogP contribution is -2.40. The standard InChI is InChI=1S/C24H22F3N5O6S/c1-14-3-6-16(7-4-14)39(36,37)31-23(35)29-10-2-12-32-20(21(33)38-22(34)24(25,26)27)18-8-5-15-13-28-11-9-17(15)19(18)30-32/h3-4,6-7,9,11,13H,2,5,8,10,12H2,1H3,(H2,29,31,35). The van der Waals surface area contributed by atoms with Crippen molar-refractivity contribution in [3.8, 4) is 11.3 Å². The number of hydrogen-bond acceptors (Lipinski definition) is 8. The van der Waals surface area contributed by atoms with Gasteiger partial charge in [0, 0.05) is 36.6 Å². The highest BCUT2D eigenvalue weighted by Gasteiger charge is 2.43. The number of carbonyl (C=O) groups excluding carboxylic acids is 3. The maximum Gasteiger partial charge on any atom is 0.491 e. The largest absolute Gasteiger partial charge is 0.491 e. The molecule has 1 aliphatic rings. The van der Waals surface area contributed by atoms with Gasteiger partial charge in [0.15, 0.2) is 5.69 Å². The zero-order valence-corrected chi connectivity index (χ0v) is 21.2. The number of aromatic nitrogens is 3. The predicted octanol–water partition coefficient (Wildman–Crippen LogP) is 2.68. The maximum atomic E-state index is 12.7. The van der Waals surface area contributed by atoms with Gasteiger partial charge in [0.2, 0.25) is 0 Å². The number of carbonyl (C=O) groups is 3. The third-order valence-corrected chi connectivity index (χ3v) is 7.20. The van der Waals surface area contributed by atoms with Gasteiger partial charge in [0.25, 0.3) is 10.0 Å². The second kappa shape index (κ2) is 10.8. The smallest absolute Gasteiger partial charge is 0.381 e. The van der Waals surface area contributed by atoms with Crippen LogP contribution in [0.5, 0.6) is 0 Å². The number of esters is 2. The van der Waals surface area contributed by atoms with Crippen LogP contribution >= 0.6 is 0 Å². The summed E-state index contributed by atoms with van der Waals surface area (Å²) in [5, 5.41) is 6.75. The molecule has 206 valence electrons. The van der Waals surface area contributed by atoms with Crippen molar-refractivity contribution in [1.82, 2.24) is 24.8 Å². The van der Waals surface area contributed by atoms with E-state index in [9.17, 15) is 36.0 Å². The molecule has 0 spiro atoms. The third kappa shape index (κ3) is 6.25. The molecule has 0 radical (unpaired) electrons. The van der Waals surface area contributed by atoms with E-state index in [4.69, 9.17) is 0 Å². The Bertz CT molecular complexity index is 1530. The first-order valence-corrected chi connectivity index (χ1v) is 13.1. The Morgan fingerprint density at radius 3 is 2.51 bits per heavy atom. The van der Waals surface area contributed by atoms with Crippen LogP contribution in [0.1, 0.15) is 33.6 Å². The molecule has 0 saturated carbocycles. The number of amides is 2. The van der Waals surface area contributed by atoms with Crippen molar-refractivity contribution in [3.05, 3.63) is 65.1 Å². The van der Waals surface area contributed by atoms with E-state index in [1.807, 2.05) is 4.72 Å². The molecule has 2 heterocycles. The molecule has 2 N–H and O–H groups in total. The predicted molar refractivity (Wildman–Crippen MR) is 129 cm³/mol. The van der Waals surface area contributed by atoms with Crippen molar-refractivity contribution in [1.29, 1.82) is 0 Å². The molecule has 11 nitrogen and oxygen atoms in total. The molecule has 0 bridgehead atoms. The van der Waals surface area contributed by atoms with Crippen molar-refractivity contribution in [2.75, 3.05) is 6.54 Å². The molecule has 3 aromatic rings. The first-order chi connectivity index (χ1) is 18.4. The highest BCUT2D eigenvalue weighted by atomic mass is 32.2. The van der Waals surface area contributed by atoms with E-state index in [-0.39, 0.29) is 36.5 Å². The molecule has 2 aromatic heterocycles. The van der Waals surface area contributed by atoms with Crippen molar-refractivity contribution in [3.63, 3.8) is 0 Å². The van der Waals surface area contributed by atoms with Gasteiger partial charge in [0.05, 0.1) is 10.6 Å². The Labute approximate surface area is 220 Å². The number of alkyl halides is 3. The molecule has 39 heavy (non-hydrogen) atoms. The molecule has 4 rings (SSSR count). The summed E-state index contributed by atoms with van der Waals surface area (Å²) >= 11 is 0. The first kappa shape index (κ1) is 27.8. The van der Waals surface area contributed by atoms with Crippen molar-refractivity contribution in [2.45, 2.75) is 43.8 Å². The van der Waals surface area contributed by atoms with Crippen LogP contribution in [0.2, 0.25) is 0 Å². The van der Waals surface area contributed by atoms with Crippen molar-refractivity contribution in [2.24, 2.45) is 0 Å². The molecular weight excluding hydrogens is 543 g/mol. The number of fused-ring (bicyclic) bond motifs is 3. The summed E-state index contributed by atoms with van der Waals surface area (Å²) in [4.78, 5) is 40.1. The van der Waals surface area contributed by atoms with Crippen LogP contribution in [-0.4, -0.2) is 53.9 Å². The third-order valence-electron chi connectivity index (χ3n) is 5.85. The first-order valence-electron chi connectivity index (χ1n) is 11.6. The molecule has 2 amide bonds. The summed E-state index contributed by atoms with van der Waals surface area (Å²) in [5.41, 5.74) is 2.67. The van der Waals surface area contributed by atoms with Gasteiger partial charge < -0.3 is 10.1 Å². The Balaban J connectivity index is 1.47. The molecular formula is C24H22F3N5O6S. The van der Waals surface area contributed by atoms with E-state index in [0.717, 1.165) is 15.8 Å². The van der Waals surface area contributed by atoms with Crippen LogP contribution in [0.4, 0.5) is 18.0 Å². The molecule has 1 aromatic carbocycles. The number of urea groups is 1. The van der Waals surface area contributed by atoms with Gasteiger partial charge in [-0.3, -0.25) is 9.67 Å². The number of nitrogens with zero attached hydrogens (tertiary/aromatic N) is 3. The summed E-state index contributed by atoms with van der Waals surface area (Å²) < 4.78 is 69.9. The maximum absolute atomic E-state index is 12.7. The fourth-order valence-corrected chi connectivity index (χ4v) is 4.94. The van der Waals surface area contributed by atoms with E-state index in [1.165, 1.54) is 18.3 Å². The average Bonchev–Trinajstić information content (AvgIpc) is 3.25. The number of aryl methyl sites for hydroxylation is 3. The Morgan fingerprint density at radius 1 is 1.10 bits per heavy atom. The fraction of sp³-hybridized carbons (Fsp3) is 0.292. The topological polar surface area (TPSA) is 149 Å². The van der Waals surface area contributed by atoms with Gasteiger partial charge in [-0.1, -0.05) is 17.7 Å². The number of hydrogen-bond donors (Lipinski definition) is 2. The van der Waals surface area contributed by atoms with Crippen LogP contribution in [0.3, 0.4) is 0 Å². The molecule has 1 aliphatic carbocycles. The van der Waals surface area contributed by atoms with E-state index in [1.54, 1.807) is 31.3 Å². The Kier molecular flexibility index (Phi) is 7.72. The number of benzene rings is 1. The van der Waals surface area contributed by atoms with E-state index in [0.29, 0.717) is 23.2 Å². The normalized spacial score (nSPS) is 12.7. The van der Waals surface area contributed by atoms with Gasteiger partial charge in [-0.15, -0.1) is 0 Å². The second-order valence-electron chi connectivity index (χ2n) is 8.63. The van der Waals surface area contributed by atoms with E-state index in [2.05, 4.69) is 20.1 Å².